The Hall–Kier alpha value is -1.07. The summed E-state index contributed by atoms with van der Waals surface area (Å²) in [7, 11) is 0. The van der Waals surface area contributed by atoms with E-state index in [-0.39, 0.29) is 0 Å². The highest BCUT2D eigenvalue weighted by atomic mass is 79.9. The fraction of sp³-hybridized carbons (Fsp3) is 0.333. The van der Waals surface area contributed by atoms with Gasteiger partial charge >= 0.3 is 0 Å². The van der Waals surface area contributed by atoms with Crippen molar-refractivity contribution >= 4 is 27.5 Å². The van der Waals surface area contributed by atoms with Crippen molar-refractivity contribution in [1.82, 2.24) is 14.8 Å². The zero-order valence-electron chi connectivity index (χ0n) is 9.94. The molecule has 1 heterocycles. The zero-order valence-corrected chi connectivity index (χ0v) is 12.3. The Bertz CT molecular complexity index is 530. The number of nitrogens with zero attached hydrogens (tertiary/aromatic N) is 3. The van der Waals surface area contributed by atoms with Crippen LogP contribution in [0, 0.1) is 0 Å². The monoisotopic (exact) mass is 329 g/mol. The van der Waals surface area contributed by atoms with Crippen LogP contribution in [0.5, 0.6) is 5.75 Å². The molecule has 2 rings (SSSR count). The number of hydrogen-bond donors (Lipinski definition) is 0. The molecule has 0 aliphatic carbocycles. The normalized spacial score (nSPS) is 10.6. The largest absolute Gasteiger partial charge is 0.484 e. The number of benzene rings is 1. The summed E-state index contributed by atoms with van der Waals surface area (Å²) >= 11 is 9.35. The predicted molar refractivity (Wildman–Crippen MR) is 73.7 cm³/mol. The topological polar surface area (TPSA) is 39.9 Å². The van der Waals surface area contributed by atoms with E-state index in [0.29, 0.717) is 12.5 Å². The minimum atomic E-state index is 0.375. The fourth-order valence-electron chi connectivity index (χ4n) is 1.62. The van der Waals surface area contributed by atoms with E-state index >= 15 is 0 Å². The van der Waals surface area contributed by atoms with Crippen LogP contribution in [0.3, 0.4) is 0 Å². The van der Waals surface area contributed by atoms with Gasteiger partial charge in [0, 0.05) is 12.1 Å². The van der Waals surface area contributed by atoms with Crippen molar-refractivity contribution in [3.63, 3.8) is 0 Å². The Labute approximate surface area is 119 Å². The molecular formula is C12H13BrClN3O. The molecule has 0 amide bonds. The van der Waals surface area contributed by atoms with Gasteiger partial charge in [0.15, 0.2) is 5.82 Å². The van der Waals surface area contributed by atoms with Crippen LogP contribution in [0.15, 0.2) is 29.0 Å². The lowest BCUT2D eigenvalue weighted by molar-refractivity contribution is 0.283. The molecule has 0 spiro atoms. The lowest BCUT2D eigenvalue weighted by Crippen LogP contribution is -2.08. The molecule has 0 atom stereocenters. The minimum Gasteiger partial charge on any atom is -0.484 e. The zero-order chi connectivity index (χ0) is 13.0. The number of para-hydroxylation sites is 1. The van der Waals surface area contributed by atoms with Crippen LogP contribution in [0.2, 0.25) is 0 Å². The van der Waals surface area contributed by atoms with E-state index in [1.807, 2.05) is 25.1 Å². The second-order valence-corrected chi connectivity index (χ2v) is 4.76. The molecule has 0 saturated heterocycles. The molecule has 0 aliphatic heterocycles. The lowest BCUT2D eigenvalue weighted by Gasteiger charge is -2.11. The second kappa shape index (κ2) is 6.20. The van der Waals surface area contributed by atoms with Crippen molar-refractivity contribution in [2.24, 2.45) is 0 Å². The van der Waals surface area contributed by atoms with E-state index in [9.17, 15) is 0 Å². The molecule has 4 nitrogen and oxygen atoms in total. The molecule has 1 aromatic heterocycles. The van der Waals surface area contributed by atoms with Crippen molar-refractivity contribution in [2.75, 3.05) is 0 Å². The third-order valence-corrected chi connectivity index (χ3v) is 3.45. The maximum Gasteiger partial charge on any atom is 0.164 e. The maximum atomic E-state index is 5.89. The first kappa shape index (κ1) is 13.4. The average molecular weight is 331 g/mol. The standard InChI is InChI=1S/C12H13BrClN3O/c1-2-17-11(15-8-16-17)7-18-12-9(6-14)4-3-5-10(12)13/h3-5,8H,2,6-7H2,1H3. The Balaban J connectivity index is 2.15. The summed E-state index contributed by atoms with van der Waals surface area (Å²) in [6, 6.07) is 5.80. The third kappa shape index (κ3) is 2.84. The molecule has 96 valence electrons. The lowest BCUT2D eigenvalue weighted by atomic mass is 10.2. The van der Waals surface area contributed by atoms with Gasteiger partial charge in [-0.3, -0.25) is 0 Å². The Morgan fingerprint density at radius 1 is 1.44 bits per heavy atom. The first-order valence-corrected chi connectivity index (χ1v) is 6.91. The van der Waals surface area contributed by atoms with E-state index in [1.54, 1.807) is 4.68 Å². The molecule has 18 heavy (non-hydrogen) atoms. The van der Waals surface area contributed by atoms with Gasteiger partial charge in [0.25, 0.3) is 0 Å². The molecule has 0 saturated carbocycles. The quantitative estimate of drug-likeness (QED) is 0.789. The van der Waals surface area contributed by atoms with Crippen LogP contribution >= 0.6 is 27.5 Å². The second-order valence-electron chi connectivity index (χ2n) is 3.64. The van der Waals surface area contributed by atoms with E-state index in [4.69, 9.17) is 16.3 Å². The van der Waals surface area contributed by atoms with Gasteiger partial charge in [0.05, 0.1) is 10.4 Å². The molecule has 0 radical (unpaired) electrons. The van der Waals surface area contributed by atoms with Gasteiger partial charge in [-0.2, -0.15) is 5.10 Å². The van der Waals surface area contributed by atoms with Crippen molar-refractivity contribution in [3.8, 4) is 5.75 Å². The number of hydrogen-bond acceptors (Lipinski definition) is 3. The summed E-state index contributed by atoms with van der Waals surface area (Å²) in [6.07, 6.45) is 1.53. The van der Waals surface area contributed by atoms with Crippen molar-refractivity contribution in [1.29, 1.82) is 0 Å². The van der Waals surface area contributed by atoms with Crippen molar-refractivity contribution < 1.29 is 4.74 Å². The average Bonchev–Trinajstić information content (AvgIpc) is 2.84. The van der Waals surface area contributed by atoms with E-state index < -0.39 is 0 Å². The van der Waals surface area contributed by atoms with Crippen LogP contribution in [0.1, 0.15) is 18.3 Å². The van der Waals surface area contributed by atoms with Gasteiger partial charge in [-0.15, -0.1) is 11.6 Å². The number of ether oxygens (including phenoxy) is 1. The van der Waals surface area contributed by atoms with Crippen LogP contribution in [0.4, 0.5) is 0 Å². The van der Waals surface area contributed by atoms with Crippen LogP contribution in [0.25, 0.3) is 0 Å². The Morgan fingerprint density at radius 3 is 3.00 bits per heavy atom. The molecule has 2 aromatic rings. The molecule has 0 N–H and O–H groups in total. The van der Waals surface area contributed by atoms with E-state index in [2.05, 4.69) is 26.0 Å². The molecule has 6 heteroatoms. The molecule has 0 fully saturated rings. The highest BCUT2D eigenvalue weighted by molar-refractivity contribution is 9.10. The van der Waals surface area contributed by atoms with Gasteiger partial charge in [0.2, 0.25) is 0 Å². The SMILES string of the molecule is CCn1ncnc1COc1c(Br)cccc1CCl. The van der Waals surface area contributed by atoms with Crippen LogP contribution in [-0.2, 0) is 19.0 Å². The highest BCUT2D eigenvalue weighted by Gasteiger charge is 2.09. The predicted octanol–water partition coefficient (Wildman–Crippen LogP) is 3.38. The summed E-state index contributed by atoms with van der Waals surface area (Å²) in [5.41, 5.74) is 0.952. The van der Waals surface area contributed by atoms with Crippen molar-refractivity contribution in [3.05, 3.63) is 40.4 Å². The Kier molecular flexibility index (Phi) is 4.60. The van der Waals surface area contributed by atoms with Gasteiger partial charge in [0.1, 0.15) is 18.7 Å². The summed E-state index contributed by atoms with van der Waals surface area (Å²) in [5.74, 6) is 1.97. The number of aryl methyl sites for hydroxylation is 1. The first-order chi connectivity index (χ1) is 8.76. The van der Waals surface area contributed by atoms with Gasteiger partial charge in [-0.05, 0) is 28.9 Å². The minimum absolute atomic E-state index is 0.375. The number of halogens is 2. The highest BCUT2D eigenvalue weighted by Crippen LogP contribution is 2.30. The first-order valence-electron chi connectivity index (χ1n) is 5.59. The molecule has 0 bridgehead atoms. The smallest absolute Gasteiger partial charge is 0.164 e. The third-order valence-electron chi connectivity index (χ3n) is 2.53. The van der Waals surface area contributed by atoms with Crippen LogP contribution < -0.4 is 4.74 Å². The van der Waals surface area contributed by atoms with Gasteiger partial charge in [-0.25, -0.2) is 9.67 Å². The summed E-state index contributed by atoms with van der Waals surface area (Å²) in [5, 5.41) is 4.10. The molecule has 1 aromatic carbocycles. The van der Waals surface area contributed by atoms with Crippen LogP contribution in [-0.4, -0.2) is 14.8 Å². The molecule has 0 unspecified atom stereocenters. The Morgan fingerprint density at radius 2 is 2.28 bits per heavy atom. The summed E-state index contributed by atoms with van der Waals surface area (Å²) in [4.78, 5) is 4.17. The molecular weight excluding hydrogens is 318 g/mol. The number of rotatable bonds is 5. The van der Waals surface area contributed by atoms with Gasteiger partial charge in [-0.1, -0.05) is 12.1 Å². The van der Waals surface area contributed by atoms with E-state index in [1.165, 1.54) is 6.33 Å². The van der Waals surface area contributed by atoms with E-state index in [0.717, 1.165) is 28.2 Å². The van der Waals surface area contributed by atoms with Crippen molar-refractivity contribution in [2.45, 2.75) is 26.0 Å². The number of alkyl halides is 1. The number of aromatic nitrogens is 3. The summed E-state index contributed by atoms with van der Waals surface area (Å²) in [6.45, 7) is 3.16. The maximum absolute atomic E-state index is 5.89. The molecule has 0 aliphatic rings. The van der Waals surface area contributed by atoms with Gasteiger partial charge < -0.3 is 4.74 Å². The summed E-state index contributed by atoms with van der Waals surface area (Å²) < 4.78 is 8.49. The fourth-order valence-corrected chi connectivity index (χ4v) is 2.35.